The van der Waals surface area contributed by atoms with E-state index in [0.717, 1.165) is 24.3 Å². The number of carbonyl (C=O) groups is 1. The molecule has 3 saturated heterocycles. The second-order valence-electron chi connectivity index (χ2n) is 8.54. The van der Waals surface area contributed by atoms with Crippen molar-refractivity contribution in [3.8, 4) is 0 Å². The van der Waals surface area contributed by atoms with Gasteiger partial charge in [-0.25, -0.2) is 0 Å². The summed E-state index contributed by atoms with van der Waals surface area (Å²) in [6.45, 7) is 3.65. The van der Waals surface area contributed by atoms with Crippen molar-refractivity contribution >= 4 is 11.7 Å². The van der Waals surface area contributed by atoms with Gasteiger partial charge < -0.3 is 19.9 Å². The van der Waals surface area contributed by atoms with E-state index in [1.807, 2.05) is 31.2 Å². The minimum atomic E-state index is -1.40. The largest absolute Gasteiger partial charge is 0.468 e. The van der Waals surface area contributed by atoms with Crippen LogP contribution in [0.25, 0.3) is 0 Å². The van der Waals surface area contributed by atoms with Gasteiger partial charge in [-0.3, -0.25) is 9.69 Å². The van der Waals surface area contributed by atoms with E-state index >= 15 is 0 Å². The van der Waals surface area contributed by atoms with E-state index < -0.39 is 22.8 Å². The molecule has 6 atom stereocenters. The van der Waals surface area contributed by atoms with Crippen molar-refractivity contribution in [1.29, 1.82) is 0 Å². The lowest BCUT2D eigenvalue weighted by Gasteiger charge is -2.67. The highest BCUT2D eigenvalue weighted by Crippen LogP contribution is 2.75. The maximum atomic E-state index is 13.6. The number of allylic oxidation sites excluding steroid dienone is 1. The summed E-state index contributed by atoms with van der Waals surface area (Å²) in [5.74, 6) is -1.69. The van der Waals surface area contributed by atoms with Gasteiger partial charge in [-0.05, 0) is 31.4 Å². The van der Waals surface area contributed by atoms with E-state index in [1.165, 1.54) is 12.7 Å². The number of hydrogen-bond donors (Lipinski definition) is 2. The van der Waals surface area contributed by atoms with Gasteiger partial charge in [0.1, 0.15) is 11.6 Å². The number of benzene rings is 1. The zero-order valence-electron chi connectivity index (χ0n) is 15.6. The molecule has 5 aliphatic rings. The van der Waals surface area contributed by atoms with Crippen molar-refractivity contribution in [3.05, 3.63) is 41.5 Å². The Labute approximate surface area is 158 Å². The fourth-order valence-corrected chi connectivity index (χ4v) is 7.23. The van der Waals surface area contributed by atoms with Crippen molar-refractivity contribution in [2.75, 3.05) is 25.5 Å². The molecule has 1 aliphatic carbocycles. The number of hydrogen-bond acceptors (Lipinski definition) is 6. The predicted molar refractivity (Wildman–Crippen MR) is 97.9 cm³/mol. The number of rotatable bonds is 1. The van der Waals surface area contributed by atoms with Crippen LogP contribution < -0.4 is 5.32 Å². The van der Waals surface area contributed by atoms with Gasteiger partial charge in [0.25, 0.3) is 0 Å². The molecule has 6 nitrogen and oxygen atoms in total. The summed E-state index contributed by atoms with van der Waals surface area (Å²) >= 11 is 0. The lowest BCUT2D eigenvalue weighted by molar-refractivity contribution is -0.286. The molecule has 6 unspecified atom stereocenters. The minimum Gasteiger partial charge on any atom is -0.468 e. The summed E-state index contributed by atoms with van der Waals surface area (Å²) in [6, 6.07) is 7.90. The molecule has 1 aromatic carbocycles. The third kappa shape index (κ3) is 1.39. The normalized spacial score (nSPS) is 47.5. The highest BCUT2D eigenvalue weighted by molar-refractivity contribution is 5.86. The van der Waals surface area contributed by atoms with Gasteiger partial charge in [0, 0.05) is 24.7 Å². The molecule has 0 amide bonds. The molecule has 0 radical (unpaired) electrons. The maximum Gasteiger partial charge on any atom is 0.318 e. The molecule has 1 saturated carbocycles. The van der Waals surface area contributed by atoms with Crippen LogP contribution in [0, 0.1) is 11.3 Å². The van der Waals surface area contributed by atoms with Crippen LogP contribution >= 0.6 is 0 Å². The van der Waals surface area contributed by atoms with Gasteiger partial charge in [0.2, 0.25) is 0 Å². The summed E-state index contributed by atoms with van der Waals surface area (Å²) in [4.78, 5) is 15.9. The van der Waals surface area contributed by atoms with Gasteiger partial charge in [0.05, 0.1) is 18.6 Å². The third-order valence-electron chi connectivity index (χ3n) is 8.10. The van der Waals surface area contributed by atoms with Gasteiger partial charge in [0.15, 0.2) is 5.79 Å². The molecule has 2 N–H and O–H groups in total. The van der Waals surface area contributed by atoms with E-state index in [4.69, 9.17) is 9.47 Å². The number of anilines is 1. The third-order valence-corrected chi connectivity index (χ3v) is 8.10. The highest BCUT2D eigenvalue weighted by Gasteiger charge is 2.87. The predicted octanol–water partition coefficient (Wildman–Crippen LogP) is 1.61. The second kappa shape index (κ2) is 4.74. The Kier molecular flexibility index (Phi) is 2.83. The zero-order chi connectivity index (χ0) is 18.6. The number of carbonyl (C=O) groups excluding carboxylic acids is 1. The number of nitrogens with zero attached hydrogens (tertiary/aromatic N) is 1. The van der Waals surface area contributed by atoms with Crippen LogP contribution in [0.5, 0.6) is 0 Å². The first kappa shape index (κ1) is 16.1. The summed E-state index contributed by atoms with van der Waals surface area (Å²) < 4.78 is 11.8. The standard InChI is InChI=1S/C21H24N2O4/c1-3-12-11-23-9-8-19-13-6-4-5-7-15(13)22-17-20(19,18(24)26-2)14(12)10-16(23)21(19,25)27-17/h3-7,14,16-17,22,25H,8-11H2,1-2H3. The van der Waals surface area contributed by atoms with Gasteiger partial charge in [-0.2, -0.15) is 0 Å². The number of ether oxygens (including phenoxy) is 2. The summed E-state index contributed by atoms with van der Waals surface area (Å²) in [5.41, 5.74) is 1.42. The van der Waals surface area contributed by atoms with Crippen molar-refractivity contribution in [2.45, 2.75) is 43.2 Å². The Bertz CT molecular complexity index is 900. The second-order valence-corrected chi connectivity index (χ2v) is 8.54. The topological polar surface area (TPSA) is 71.0 Å². The van der Waals surface area contributed by atoms with Gasteiger partial charge in [-0.15, -0.1) is 0 Å². The fraction of sp³-hybridized carbons (Fsp3) is 0.571. The Morgan fingerprint density at radius 2 is 2.26 bits per heavy atom. The zero-order valence-corrected chi connectivity index (χ0v) is 15.6. The van der Waals surface area contributed by atoms with Crippen LogP contribution in [-0.2, 0) is 19.7 Å². The first-order valence-corrected chi connectivity index (χ1v) is 9.78. The van der Waals surface area contributed by atoms with E-state index in [2.05, 4.69) is 16.3 Å². The molecule has 1 spiro atoms. The van der Waals surface area contributed by atoms with E-state index in [1.54, 1.807) is 0 Å². The molecular formula is C21H24N2O4. The molecule has 6 rings (SSSR count). The van der Waals surface area contributed by atoms with Crippen molar-refractivity contribution in [1.82, 2.24) is 4.90 Å². The fourth-order valence-electron chi connectivity index (χ4n) is 7.23. The molecule has 1 aromatic rings. The Balaban J connectivity index is 1.75. The van der Waals surface area contributed by atoms with Crippen LogP contribution in [0.4, 0.5) is 5.69 Å². The molecule has 4 aliphatic heterocycles. The number of esters is 1. The van der Waals surface area contributed by atoms with Crippen LogP contribution in [-0.4, -0.2) is 54.2 Å². The Morgan fingerprint density at radius 3 is 3.04 bits per heavy atom. The molecule has 142 valence electrons. The molecule has 6 bridgehead atoms. The lowest BCUT2D eigenvalue weighted by atomic mass is 9.41. The minimum absolute atomic E-state index is 0.00914. The maximum absolute atomic E-state index is 13.6. The summed E-state index contributed by atoms with van der Waals surface area (Å²) in [7, 11) is 1.45. The summed E-state index contributed by atoms with van der Waals surface area (Å²) in [6.07, 6.45) is 2.93. The molecule has 4 heterocycles. The van der Waals surface area contributed by atoms with Crippen molar-refractivity contribution in [2.24, 2.45) is 11.3 Å². The van der Waals surface area contributed by atoms with Crippen molar-refractivity contribution < 1.29 is 19.4 Å². The summed E-state index contributed by atoms with van der Waals surface area (Å²) in [5, 5.41) is 15.5. The number of nitrogens with one attached hydrogen (secondary N) is 1. The van der Waals surface area contributed by atoms with Crippen LogP contribution in [0.2, 0.25) is 0 Å². The van der Waals surface area contributed by atoms with E-state index in [-0.39, 0.29) is 17.9 Å². The van der Waals surface area contributed by atoms with Crippen LogP contribution in [0.15, 0.2) is 35.9 Å². The molecular weight excluding hydrogens is 344 g/mol. The van der Waals surface area contributed by atoms with E-state index in [9.17, 15) is 9.90 Å². The number of methoxy groups -OCH3 is 1. The Morgan fingerprint density at radius 1 is 1.44 bits per heavy atom. The smallest absolute Gasteiger partial charge is 0.318 e. The average Bonchev–Trinajstić information content (AvgIpc) is 2.76. The number of piperidine rings is 2. The molecule has 6 heteroatoms. The molecule has 4 fully saturated rings. The van der Waals surface area contributed by atoms with Crippen molar-refractivity contribution in [3.63, 3.8) is 0 Å². The number of fused-ring (bicyclic) bond motifs is 2. The van der Waals surface area contributed by atoms with Crippen LogP contribution in [0.3, 0.4) is 0 Å². The first-order valence-electron chi connectivity index (χ1n) is 9.78. The average molecular weight is 368 g/mol. The lowest BCUT2D eigenvalue weighted by Crippen LogP contribution is -2.79. The molecule has 27 heavy (non-hydrogen) atoms. The number of aliphatic hydroxyl groups is 1. The van der Waals surface area contributed by atoms with E-state index in [0.29, 0.717) is 12.8 Å². The quantitative estimate of drug-likeness (QED) is 0.580. The van der Waals surface area contributed by atoms with Gasteiger partial charge in [-0.1, -0.05) is 29.8 Å². The van der Waals surface area contributed by atoms with Crippen LogP contribution in [0.1, 0.15) is 25.3 Å². The Hall–Kier alpha value is -1.89. The molecule has 0 aromatic heterocycles. The number of para-hydroxylation sites is 1. The first-order chi connectivity index (χ1) is 13.0. The monoisotopic (exact) mass is 368 g/mol. The van der Waals surface area contributed by atoms with Gasteiger partial charge >= 0.3 is 5.97 Å². The highest BCUT2D eigenvalue weighted by atomic mass is 16.7. The SMILES string of the molecule is CC=C1CN2CCC34c5ccccc5NC5OC3(O)C2CC1C54C(=O)OC.